The fourth-order valence-electron chi connectivity index (χ4n) is 2.11. The van der Waals surface area contributed by atoms with Crippen molar-refractivity contribution in [3.8, 4) is 0 Å². The van der Waals surface area contributed by atoms with Crippen LogP contribution in [0.1, 0.15) is 25.0 Å². The fraction of sp³-hybridized carbons (Fsp3) is 0.538. The van der Waals surface area contributed by atoms with Crippen molar-refractivity contribution in [3.63, 3.8) is 0 Å². The second-order valence-electron chi connectivity index (χ2n) is 4.85. The molecule has 1 heterocycles. The Labute approximate surface area is 126 Å². The Bertz CT molecular complexity index is 479. The molecule has 1 aromatic carbocycles. The van der Waals surface area contributed by atoms with Crippen LogP contribution >= 0.6 is 23.7 Å². The predicted octanol–water partition coefficient (Wildman–Crippen LogP) is 4.54. The van der Waals surface area contributed by atoms with E-state index in [1.807, 2.05) is 13.8 Å². The third kappa shape index (κ3) is 3.18. The maximum absolute atomic E-state index is 13.2. The quantitative estimate of drug-likeness (QED) is 0.595. The van der Waals surface area contributed by atoms with Gasteiger partial charge < -0.3 is 4.31 Å². The van der Waals surface area contributed by atoms with E-state index in [4.69, 9.17) is 11.6 Å². The third-order valence-corrected chi connectivity index (χ3v) is 4.56. The maximum atomic E-state index is 13.2. The normalized spacial score (nSPS) is 16.6. The Morgan fingerprint density at radius 2 is 2.05 bits per heavy atom. The van der Waals surface area contributed by atoms with Crippen molar-refractivity contribution in [2.45, 2.75) is 32.6 Å². The average molecular weight is 325 g/mol. The summed E-state index contributed by atoms with van der Waals surface area (Å²) in [6.45, 7) is 4.91. The van der Waals surface area contributed by atoms with Crippen molar-refractivity contribution in [3.05, 3.63) is 29.3 Å². The first-order chi connectivity index (χ1) is 9.34. The van der Waals surface area contributed by atoms with E-state index in [0.29, 0.717) is 18.7 Å². The van der Waals surface area contributed by atoms with Gasteiger partial charge in [0.15, 0.2) is 0 Å². The van der Waals surface area contributed by atoms with E-state index in [1.54, 1.807) is 10.4 Å². The summed E-state index contributed by atoms with van der Waals surface area (Å²) in [5.74, 6) is 0.282. The van der Waals surface area contributed by atoms with Gasteiger partial charge in [-0.1, -0.05) is 12.1 Å². The van der Waals surface area contributed by atoms with Crippen LogP contribution in [0.5, 0.6) is 0 Å². The van der Waals surface area contributed by atoms with Crippen LogP contribution in [0.4, 0.5) is 18.9 Å². The molecule has 0 aromatic heterocycles. The molecule has 0 saturated carbocycles. The molecule has 2 nitrogen and oxygen atoms in total. The van der Waals surface area contributed by atoms with Crippen molar-refractivity contribution in [1.29, 1.82) is 0 Å². The summed E-state index contributed by atoms with van der Waals surface area (Å²) < 4.78 is 43.2. The lowest BCUT2D eigenvalue weighted by Gasteiger charge is -2.39. The van der Waals surface area contributed by atoms with Gasteiger partial charge in [-0.2, -0.15) is 13.2 Å². The zero-order chi connectivity index (χ0) is 14.9. The van der Waals surface area contributed by atoms with Crippen LogP contribution < -0.4 is 4.31 Å². The Morgan fingerprint density at radius 3 is 2.60 bits per heavy atom. The van der Waals surface area contributed by atoms with Crippen LogP contribution in [0.2, 0.25) is 0 Å². The summed E-state index contributed by atoms with van der Waals surface area (Å²) in [6, 6.07) is 4.59. The zero-order valence-corrected chi connectivity index (χ0v) is 12.8. The highest BCUT2D eigenvalue weighted by Gasteiger charge is 2.38. The lowest BCUT2D eigenvalue weighted by molar-refractivity contribution is -0.137. The van der Waals surface area contributed by atoms with Gasteiger partial charge in [0, 0.05) is 37.1 Å². The molecule has 0 aliphatic carbocycles. The molecule has 0 spiro atoms. The van der Waals surface area contributed by atoms with Gasteiger partial charge in [0.25, 0.3) is 0 Å². The van der Waals surface area contributed by atoms with E-state index in [2.05, 4.69) is 4.31 Å². The number of fused-ring (bicyclic) bond motifs is 1. The molecule has 0 saturated heterocycles. The molecule has 0 atom stereocenters. The minimum atomic E-state index is -4.35. The summed E-state index contributed by atoms with van der Waals surface area (Å²) in [5, 5.41) is 0. The average Bonchev–Trinajstić information content (AvgIpc) is 2.36. The number of para-hydroxylation sites is 1. The number of benzene rings is 1. The molecule has 1 aliphatic heterocycles. The van der Waals surface area contributed by atoms with Crippen LogP contribution in [0, 0.1) is 0 Å². The summed E-state index contributed by atoms with van der Waals surface area (Å²) in [5.41, 5.74) is 0.357. The highest BCUT2D eigenvalue weighted by atomic mass is 35.5. The molecule has 20 heavy (non-hydrogen) atoms. The number of anilines is 1. The molecule has 0 unspecified atom stereocenters. The molecule has 0 amide bonds. The molecular formula is C13H16ClF3N2S. The smallest absolute Gasteiger partial charge is 0.301 e. The van der Waals surface area contributed by atoms with E-state index in [0.717, 1.165) is 6.07 Å². The summed E-state index contributed by atoms with van der Waals surface area (Å²) in [6.07, 6.45) is -4.35. The Kier molecular flexibility index (Phi) is 4.76. The topological polar surface area (TPSA) is 6.48 Å². The molecule has 1 aromatic rings. The van der Waals surface area contributed by atoms with Gasteiger partial charge in [-0.3, -0.25) is 0 Å². The van der Waals surface area contributed by atoms with Gasteiger partial charge in [0.05, 0.1) is 11.3 Å². The number of alkyl halides is 4. The van der Waals surface area contributed by atoms with E-state index >= 15 is 0 Å². The molecule has 0 bridgehead atoms. The maximum Gasteiger partial charge on any atom is 0.418 e. The lowest BCUT2D eigenvalue weighted by Crippen LogP contribution is -2.36. The van der Waals surface area contributed by atoms with Crippen LogP contribution in [-0.4, -0.2) is 22.8 Å². The molecule has 7 heteroatoms. The molecule has 1 aliphatic rings. The summed E-state index contributed by atoms with van der Waals surface area (Å²) >= 11 is 7.06. The minimum Gasteiger partial charge on any atom is -0.301 e. The van der Waals surface area contributed by atoms with E-state index in [-0.39, 0.29) is 17.6 Å². The molecule has 0 fully saturated rings. The van der Waals surface area contributed by atoms with Gasteiger partial charge in [-0.25, -0.2) is 4.31 Å². The fourth-order valence-corrected chi connectivity index (χ4v) is 3.49. The first-order valence-corrected chi connectivity index (χ1v) is 7.58. The first-order valence-electron chi connectivity index (χ1n) is 6.32. The molecule has 112 valence electrons. The second-order valence-corrected chi connectivity index (χ2v) is 6.30. The van der Waals surface area contributed by atoms with Gasteiger partial charge >= 0.3 is 6.18 Å². The minimum absolute atomic E-state index is 0.237. The number of rotatable bonds is 3. The highest BCUT2D eigenvalue weighted by Crippen LogP contribution is 2.45. The molecule has 0 radical (unpaired) electrons. The lowest BCUT2D eigenvalue weighted by atomic mass is 10.1. The largest absolute Gasteiger partial charge is 0.418 e. The van der Waals surface area contributed by atoms with Gasteiger partial charge in [-0.15, -0.1) is 11.6 Å². The van der Waals surface area contributed by atoms with Crippen molar-refractivity contribution in [1.82, 2.24) is 4.31 Å². The van der Waals surface area contributed by atoms with Crippen molar-refractivity contribution < 1.29 is 13.2 Å². The summed E-state index contributed by atoms with van der Waals surface area (Å²) in [7, 11) is 0. The zero-order valence-electron chi connectivity index (χ0n) is 11.2. The van der Waals surface area contributed by atoms with Crippen molar-refractivity contribution in [2.75, 3.05) is 16.7 Å². The van der Waals surface area contributed by atoms with Crippen molar-refractivity contribution >= 4 is 29.4 Å². The Morgan fingerprint density at radius 1 is 1.35 bits per heavy atom. The molecule has 0 N–H and O–H groups in total. The van der Waals surface area contributed by atoms with Crippen LogP contribution in [0.3, 0.4) is 0 Å². The second kappa shape index (κ2) is 6.03. The monoisotopic (exact) mass is 324 g/mol. The first kappa shape index (κ1) is 15.8. The number of nitrogens with zero attached hydrogens (tertiary/aromatic N) is 2. The van der Waals surface area contributed by atoms with Gasteiger partial charge in [0.1, 0.15) is 0 Å². The predicted molar refractivity (Wildman–Crippen MR) is 77.8 cm³/mol. The SMILES string of the molecule is CC(C)N1Cc2cccc(C(F)(F)F)c2N(CCCl)S1. The Hall–Kier alpha value is -0.590. The van der Waals surface area contributed by atoms with E-state index < -0.39 is 11.7 Å². The van der Waals surface area contributed by atoms with Gasteiger partial charge in [0.2, 0.25) is 0 Å². The Balaban J connectivity index is 2.48. The van der Waals surface area contributed by atoms with Crippen LogP contribution in [0.15, 0.2) is 18.2 Å². The number of halogens is 4. The molecular weight excluding hydrogens is 309 g/mol. The molecule has 2 rings (SSSR count). The van der Waals surface area contributed by atoms with E-state index in [9.17, 15) is 13.2 Å². The summed E-state index contributed by atoms with van der Waals surface area (Å²) in [4.78, 5) is 0. The van der Waals surface area contributed by atoms with Crippen molar-refractivity contribution in [2.24, 2.45) is 0 Å². The highest BCUT2D eigenvalue weighted by molar-refractivity contribution is 7.98. The third-order valence-electron chi connectivity index (χ3n) is 3.07. The number of hydrogen-bond donors (Lipinski definition) is 0. The van der Waals surface area contributed by atoms with Crippen LogP contribution in [-0.2, 0) is 12.7 Å². The van der Waals surface area contributed by atoms with E-state index in [1.165, 1.54) is 18.2 Å². The standard InChI is InChI=1S/C13H16ClF3N2S/c1-9(2)19-8-10-4-3-5-11(13(15,16)17)12(10)18(20-19)7-6-14/h3-5,9H,6-8H2,1-2H3. The number of hydrogen-bond acceptors (Lipinski definition) is 3. The van der Waals surface area contributed by atoms with Gasteiger partial charge in [-0.05, 0) is 25.5 Å². The van der Waals surface area contributed by atoms with Crippen LogP contribution in [0.25, 0.3) is 0 Å².